The van der Waals surface area contributed by atoms with E-state index in [9.17, 15) is 9.18 Å². The first kappa shape index (κ1) is 11.3. The fraction of sp³-hybridized carbons (Fsp3) is 0.917. The summed E-state index contributed by atoms with van der Waals surface area (Å²) in [6, 6.07) is -0.659. The molecule has 0 aromatic heterocycles. The average molecular weight is 242 g/mol. The normalized spacial score (nSPS) is 47.0. The molecule has 96 valence electrons. The van der Waals surface area contributed by atoms with Gasteiger partial charge in [0.25, 0.3) is 0 Å². The van der Waals surface area contributed by atoms with E-state index in [0.717, 1.165) is 6.42 Å². The Morgan fingerprint density at radius 3 is 2.65 bits per heavy atom. The molecule has 4 fully saturated rings. The lowest BCUT2D eigenvalue weighted by molar-refractivity contribution is -0.00645. The highest BCUT2D eigenvalue weighted by Crippen LogP contribution is 2.65. The van der Waals surface area contributed by atoms with Gasteiger partial charge in [0.2, 0.25) is 0 Å². The third-order valence-electron chi connectivity index (χ3n) is 4.21. The lowest BCUT2D eigenvalue weighted by Crippen LogP contribution is -2.57. The summed E-state index contributed by atoms with van der Waals surface area (Å²) < 4.78 is 19.8. The minimum Gasteiger partial charge on any atom is -0.444 e. The van der Waals surface area contributed by atoms with Crippen LogP contribution in [0.4, 0.5) is 9.18 Å². The Labute approximate surface area is 100 Å². The molecule has 4 rings (SSSR count). The molecular weight excluding hydrogens is 223 g/mol. The van der Waals surface area contributed by atoms with Crippen LogP contribution in [0.2, 0.25) is 0 Å². The summed E-state index contributed by atoms with van der Waals surface area (Å²) in [7, 11) is 0. The van der Waals surface area contributed by atoms with Crippen molar-refractivity contribution >= 4 is 6.09 Å². The number of fused-ring (bicyclic) bond motifs is 1. The van der Waals surface area contributed by atoms with Crippen molar-refractivity contribution in [1.29, 1.82) is 0 Å². The molecule has 1 amide bonds. The second-order valence-electron chi connectivity index (χ2n) is 6.50. The van der Waals surface area contributed by atoms with E-state index in [2.05, 4.69) is 0 Å². The quantitative estimate of drug-likeness (QED) is 0.699. The van der Waals surface area contributed by atoms with Gasteiger partial charge in [-0.3, -0.25) is 4.90 Å². The van der Waals surface area contributed by atoms with E-state index in [4.69, 9.17) is 10.5 Å². The topological polar surface area (TPSA) is 55.6 Å². The van der Waals surface area contributed by atoms with E-state index < -0.39 is 17.3 Å². The third kappa shape index (κ3) is 1.35. The van der Waals surface area contributed by atoms with Gasteiger partial charge in [0.15, 0.2) is 5.67 Å². The van der Waals surface area contributed by atoms with Crippen molar-refractivity contribution in [3.05, 3.63) is 0 Å². The van der Waals surface area contributed by atoms with E-state index in [-0.39, 0.29) is 24.1 Å². The maximum absolute atomic E-state index is 14.4. The standard InChI is InChI=1S/C12H19FN2O2/c1-11(2,3)17-10(16)15-6-4-7-9(15)12(7,13)8(14)5-6/h6-9H,4-5,14H2,1-3H3/t6-,7?,8-,9+,12+/m1/s1. The maximum atomic E-state index is 14.4. The molecule has 4 aliphatic rings. The SMILES string of the molecule is CC(C)(C)OC(=O)N1[C@@H]2CC3[C@H]1[C@@]3(F)[C@H](N)C2. The number of nitrogens with two attached hydrogens (primary N) is 1. The van der Waals surface area contributed by atoms with Crippen LogP contribution >= 0.6 is 0 Å². The summed E-state index contributed by atoms with van der Waals surface area (Å²) >= 11 is 0. The molecule has 2 saturated heterocycles. The van der Waals surface area contributed by atoms with Crippen LogP contribution in [0, 0.1) is 5.92 Å². The van der Waals surface area contributed by atoms with Gasteiger partial charge in [-0.25, -0.2) is 9.18 Å². The van der Waals surface area contributed by atoms with E-state index in [1.54, 1.807) is 4.90 Å². The monoisotopic (exact) mass is 242 g/mol. The lowest BCUT2D eigenvalue weighted by atomic mass is 9.88. The van der Waals surface area contributed by atoms with Crippen molar-refractivity contribution < 1.29 is 13.9 Å². The molecule has 0 radical (unpaired) electrons. The Balaban J connectivity index is 1.78. The number of hydrogen-bond donors (Lipinski definition) is 1. The predicted octanol–water partition coefficient (Wildman–Crippen LogP) is 1.43. The van der Waals surface area contributed by atoms with E-state index in [1.807, 2.05) is 20.8 Å². The molecule has 5 heteroatoms. The number of hydrogen-bond acceptors (Lipinski definition) is 3. The van der Waals surface area contributed by atoms with Crippen LogP contribution in [0.15, 0.2) is 0 Å². The van der Waals surface area contributed by atoms with Crippen LogP contribution in [0.1, 0.15) is 33.6 Å². The summed E-state index contributed by atoms with van der Waals surface area (Å²) in [6.45, 7) is 5.46. The number of amides is 1. The molecule has 4 nitrogen and oxygen atoms in total. The van der Waals surface area contributed by atoms with Crippen LogP contribution in [-0.2, 0) is 4.74 Å². The van der Waals surface area contributed by atoms with E-state index >= 15 is 0 Å². The number of piperidine rings is 2. The number of carbonyl (C=O) groups excluding carboxylic acids is 1. The van der Waals surface area contributed by atoms with Crippen LogP contribution in [0.5, 0.6) is 0 Å². The summed E-state index contributed by atoms with van der Waals surface area (Å²) in [6.07, 6.45) is 0.915. The van der Waals surface area contributed by atoms with Gasteiger partial charge in [0, 0.05) is 18.0 Å². The lowest BCUT2D eigenvalue weighted by Gasteiger charge is -2.40. The maximum Gasteiger partial charge on any atom is 0.410 e. The first-order valence-corrected chi connectivity index (χ1v) is 6.21. The second kappa shape index (κ2) is 2.94. The minimum atomic E-state index is -1.34. The zero-order chi connectivity index (χ0) is 12.6. The molecular formula is C12H19FN2O2. The number of carbonyl (C=O) groups is 1. The smallest absolute Gasteiger partial charge is 0.410 e. The predicted molar refractivity (Wildman–Crippen MR) is 60.2 cm³/mol. The van der Waals surface area contributed by atoms with Crippen LogP contribution in [0.3, 0.4) is 0 Å². The van der Waals surface area contributed by atoms with Crippen molar-refractivity contribution in [2.24, 2.45) is 11.7 Å². The average Bonchev–Trinajstić information content (AvgIpc) is 2.64. The van der Waals surface area contributed by atoms with Gasteiger partial charge in [0.1, 0.15) is 5.60 Å². The van der Waals surface area contributed by atoms with Crippen molar-refractivity contribution in [3.63, 3.8) is 0 Å². The number of alkyl halides is 1. The van der Waals surface area contributed by atoms with Crippen LogP contribution in [0.25, 0.3) is 0 Å². The van der Waals surface area contributed by atoms with Crippen molar-refractivity contribution in [3.8, 4) is 0 Å². The van der Waals surface area contributed by atoms with Crippen molar-refractivity contribution in [1.82, 2.24) is 4.90 Å². The zero-order valence-corrected chi connectivity index (χ0v) is 10.4. The summed E-state index contributed by atoms with van der Waals surface area (Å²) in [4.78, 5) is 13.6. The summed E-state index contributed by atoms with van der Waals surface area (Å²) in [5.74, 6) is -0.0521. The second-order valence-corrected chi connectivity index (χ2v) is 6.50. The molecule has 2 saturated carbocycles. The fourth-order valence-corrected chi connectivity index (χ4v) is 3.53. The van der Waals surface area contributed by atoms with Crippen LogP contribution < -0.4 is 5.73 Å². The third-order valence-corrected chi connectivity index (χ3v) is 4.21. The molecule has 2 aliphatic carbocycles. The Morgan fingerprint density at radius 2 is 2.12 bits per heavy atom. The molecule has 0 spiro atoms. The minimum absolute atomic E-state index is 0.0521. The summed E-state index contributed by atoms with van der Waals surface area (Å²) in [5.41, 5.74) is 3.94. The molecule has 0 aromatic carbocycles. The molecule has 1 unspecified atom stereocenters. The van der Waals surface area contributed by atoms with Crippen LogP contribution in [-0.4, -0.2) is 40.4 Å². The highest BCUT2D eigenvalue weighted by atomic mass is 19.1. The first-order chi connectivity index (χ1) is 7.75. The Bertz CT molecular complexity index is 381. The van der Waals surface area contributed by atoms with Gasteiger partial charge >= 0.3 is 6.09 Å². The number of halogens is 1. The number of ether oxygens (including phenoxy) is 1. The number of nitrogens with zero attached hydrogens (tertiary/aromatic N) is 1. The highest BCUT2D eigenvalue weighted by Gasteiger charge is 2.80. The molecule has 2 aliphatic heterocycles. The number of rotatable bonds is 0. The molecule has 2 heterocycles. The van der Waals surface area contributed by atoms with Gasteiger partial charge in [0.05, 0.1) is 6.04 Å². The van der Waals surface area contributed by atoms with Gasteiger partial charge in [-0.2, -0.15) is 0 Å². The van der Waals surface area contributed by atoms with Gasteiger partial charge in [-0.05, 0) is 33.6 Å². The summed E-state index contributed by atoms with van der Waals surface area (Å²) in [5, 5.41) is 0. The largest absolute Gasteiger partial charge is 0.444 e. The molecule has 2 N–H and O–H groups in total. The highest BCUT2D eigenvalue weighted by molar-refractivity contribution is 5.72. The van der Waals surface area contributed by atoms with E-state index in [1.165, 1.54) is 0 Å². The molecule has 17 heavy (non-hydrogen) atoms. The molecule has 4 bridgehead atoms. The Morgan fingerprint density at radius 1 is 1.47 bits per heavy atom. The Kier molecular flexibility index (Phi) is 1.95. The first-order valence-electron chi connectivity index (χ1n) is 6.21. The van der Waals surface area contributed by atoms with Crippen molar-refractivity contribution in [2.45, 2.75) is 63.0 Å². The van der Waals surface area contributed by atoms with Gasteiger partial charge < -0.3 is 10.5 Å². The fourth-order valence-electron chi connectivity index (χ4n) is 3.53. The van der Waals surface area contributed by atoms with Crippen molar-refractivity contribution in [2.75, 3.05) is 0 Å². The van der Waals surface area contributed by atoms with Gasteiger partial charge in [-0.1, -0.05) is 0 Å². The molecule has 5 atom stereocenters. The molecule has 0 aromatic rings. The Hall–Kier alpha value is -0.840. The zero-order valence-electron chi connectivity index (χ0n) is 10.4. The van der Waals surface area contributed by atoms with E-state index in [0.29, 0.717) is 6.42 Å². The van der Waals surface area contributed by atoms with Gasteiger partial charge in [-0.15, -0.1) is 0 Å².